The zero-order valence-electron chi connectivity index (χ0n) is 15.1. The Bertz CT molecular complexity index is 874. The van der Waals surface area contributed by atoms with Crippen molar-refractivity contribution in [2.75, 3.05) is 11.9 Å². The zero-order valence-corrected chi connectivity index (χ0v) is 15.9. The highest BCUT2D eigenvalue weighted by Crippen LogP contribution is 2.28. The van der Waals surface area contributed by atoms with Crippen LogP contribution in [0.25, 0.3) is 11.3 Å². The van der Waals surface area contributed by atoms with E-state index in [4.69, 9.17) is 0 Å². The third kappa shape index (κ3) is 4.92. The Kier molecular flexibility index (Phi) is 6.02. The van der Waals surface area contributed by atoms with Crippen LogP contribution in [0.1, 0.15) is 23.1 Å². The van der Waals surface area contributed by atoms with Gasteiger partial charge < -0.3 is 5.32 Å². The number of nitrogens with zero attached hydrogens (tertiary/aromatic N) is 1. The second-order valence-electron chi connectivity index (χ2n) is 6.33. The van der Waals surface area contributed by atoms with Gasteiger partial charge in [-0.1, -0.05) is 48.0 Å². The van der Waals surface area contributed by atoms with Crippen LogP contribution in [0.15, 0.2) is 53.9 Å². The van der Waals surface area contributed by atoms with E-state index in [-0.39, 0.29) is 6.03 Å². The first kappa shape index (κ1) is 18.1. The molecule has 0 aliphatic rings. The number of carbonyl (C=O) groups is 1. The van der Waals surface area contributed by atoms with Crippen LogP contribution in [-0.2, 0) is 6.42 Å². The van der Waals surface area contributed by atoms with Crippen molar-refractivity contribution in [1.82, 2.24) is 10.3 Å². The number of carbonyl (C=O) groups excluding carboxylic acids is 1. The first-order valence-corrected chi connectivity index (χ1v) is 9.62. The van der Waals surface area contributed by atoms with Crippen molar-refractivity contribution in [2.45, 2.75) is 26.7 Å². The summed E-state index contributed by atoms with van der Waals surface area (Å²) >= 11 is 1.44. The molecular formula is C21H23N3OS. The number of benzene rings is 2. The van der Waals surface area contributed by atoms with Crippen molar-refractivity contribution in [2.24, 2.45) is 0 Å². The van der Waals surface area contributed by atoms with Crippen LogP contribution >= 0.6 is 11.3 Å². The van der Waals surface area contributed by atoms with E-state index < -0.39 is 0 Å². The SMILES string of the molecule is Cc1ccc(C)c(-c2csc(NC(=O)NCCCc3ccccc3)n2)c1. The Morgan fingerprint density at radius 1 is 1.12 bits per heavy atom. The number of urea groups is 1. The molecule has 2 amide bonds. The van der Waals surface area contributed by atoms with Gasteiger partial charge in [0.1, 0.15) is 0 Å². The van der Waals surface area contributed by atoms with E-state index in [1.165, 1.54) is 28.0 Å². The van der Waals surface area contributed by atoms with Crippen molar-refractivity contribution >= 4 is 22.5 Å². The maximum absolute atomic E-state index is 12.0. The fraction of sp³-hybridized carbons (Fsp3) is 0.238. The lowest BCUT2D eigenvalue weighted by Crippen LogP contribution is -2.29. The van der Waals surface area contributed by atoms with Gasteiger partial charge in [-0.3, -0.25) is 5.32 Å². The molecule has 0 spiro atoms. The highest BCUT2D eigenvalue weighted by Gasteiger charge is 2.09. The van der Waals surface area contributed by atoms with Crippen LogP contribution in [0.5, 0.6) is 0 Å². The van der Waals surface area contributed by atoms with Gasteiger partial charge in [0, 0.05) is 17.5 Å². The molecule has 2 N–H and O–H groups in total. The van der Waals surface area contributed by atoms with E-state index in [2.05, 4.69) is 59.8 Å². The molecule has 3 rings (SSSR count). The van der Waals surface area contributed by atoms with Crippen LogP contribution in [0.4, 0.5) is 9.93 Å². The van der Waals surface area contributed by atoms with Crippen LogP contribution in [0.3, 0.4) is 0 Å². The second kappa shape index (κ2) is 8.63. The molecule has 0 radical (unpaired) electrons. The van der Waals surface area contributed by atoms with Crippen molar-refractivity contribution < 1.29 is 4.79 Å². The first-order valence-electron chi connectivity index (χ1n) is 8.74. The molecule has 0 aliphatic carbocycles. The Hall–Kier alpha value is -2.66. The van der Waals surface area contributed by atoms with Crippen molar-refractivity contribution in [1.29, 1.82) is 0 Å². The summed E-state index contributed by atoms with van der Waals surface area (Å²) in [5.41, 5.74) is 5.67. The summed E-state index contributed by atoms with van der Waals surface area (Å²) in [4.78, 5) is 16.6. The molecule has 3 aromatic rings. The first-order chi connectivity index (χ1) is 12.6. The lowest BCUT2D eigenvalue weighted by molar-refractivity contribution is 0.252. The second-order valence-corrected chi connectivity index (χ2v) is 7.18. The third-order valence-corrected chi connectivity index (χ3v) is 4.92. The largest absolute Gasteiger partial charge is 0.338 e. The molecule has 0 atom stereocenters. The summed E-state index contributed by atoms with van der Waals surface area (Å²) in [6.07, 6.45) is 1.86. The van der Waals surface area contributed by atoms with Crippen molar-refractivity contribution in [3.8, 4) is 11.3 Å². The Balaban J connectivity index is 1.49. The lowest BCUT2D eigenvalue weighted by atomic mass is 10.0. The topological polar surface area (TPSA) is 54.0 Å². The van der Waals surface area contributed by atoms with Gasteiger partial charge in [-0.25, -0.2) is 9.78 Å². The highest BCUT2D eigenvalue weighted by molar-refractivity contribution is 7.14. The number of hydrogen-bond acceptors (Lipinski definition) is 3. The normalized spacial score (nSPS) is 10.5. The van der Waals surface area contributed by atoms with E-state index in [1.54, 1.807) is 0 Å². The summed E-state index contributed by atoms with van der Waals surface area (Å²) in [5.74, 6) is 0. The molecule has 1 aromatic heterocycles. The zero-order chi connectivity index (χ0) is 18.4. The summed E-state index contributed by atoms with van der Waals surface area (Å²) in [6, 6.07) is 16.4. The fourth-order valence-corrected chi connectivity index (χ4v) is 3.45. The predicted molar refractivity (Wildman–Crippen MR) is 109 cm³/mol. The van der Waals surface area contributed by atoms with Gasteiger partial charge in [0.25, 0.3) is 0 Å². The highest BCUT2D eigenvalue weighted by atomic mass is 32.1. The molecule has 0 unspecified atom stereocenters. The summed E-state index contributed by atoms with van der Waals surface area (Å²) < 4.78 is 0. The molecule has 0 saturated carbocycles. The Morgan fingerprint density at radius 2 is 1.92 bits per heavy atom. The third-order valence-electron chi connectivity index (χ3n) is 4.16. The molecule has 5 heteroatoms. The summed E-state index contributed by atoms with van der Waals surface area (Å²) in [5, 5.41) is 8.30. The fourth-order valence-electron chi connectivity index (χ4n) is 2.75. The minimum atomic E-state index is -0.208. The van der Waals surface area contributed by atoms with E-state index in [0.29, 0.717) is 11.7 Å². The Labute approximate surface area is 158 Å². The maximum Gasteiger partial charge on any atom is 0.321 e. The smallest absolute Gasteiger partial charge is 0.321 e. The number of amides is 2. The number of nitrogens with one attached hydrogen (secondary N) is 2. The molecule has 134 valence electrons. The van der Waals surface area contributed by atoms with Gasteiger partial charge >= 0.3 is 6.03 Å². The van der Waals surface area contributed by atoms with E-state index >= 15 is 0 Å². The minimum Gasteiger partial charge on any atom is -0.338 e. The molecule has 0 bridgehead atoms. The van der Waals surface area contributed by atoms with Crippen molar-refractivity contribution in [3.63, 3.8) is 0 Å². The van der Waals surface area contributed by atoms with Crippen LogP contribution in [-0.4, -0.2) is 17.6 Å². The number of rotatable bonds is 6. The molecule has 0 aliphatic heterocycles. The van der Waals surface area contributed by atoms with Gasteiger partial charge in [0.15, 0.2) is 5.13 Å². The van der Waals surface area contributed by atoms with Gasteiger partial charge in [0.2, 0.25) is 0 Å². The molecule has 1 heterocycles. The quantitative estimate of drug-likeness (QED) is 0.591. The molecule has 2 aromatic carbocycles. The molecule has 26 heavy (non-hydrogen) atoms. The minimum absolute atomic E-state index is 0.208. The Morgan fingerprint density at radius 3 is 2.73 bits per heavy atom. The van der Waals surface area contributed by atoms with E-state index in [9.17, 15) is 4.79 Å². The van der Waals surface area contributed by atoms with Gasteiger partial charge in [-0.2, -0.15) is 0 Å². The van der Waals surface area contributed by atoms with Crippen molar-refractivity contribution in [3.05, 3.63) is 70.6 Å². The van der Waals surface area contributed by atoms with Crippen LogP contribution in [0.2, 0.25) is 0 Å². The number of hydrogen-bond donors (Lipinski definition) is 2. The molecular weight excluding hydrogens is 342 g/mol. The molecule has 0 saturated heterocycles. The molecule has 4 nitrogen and oxygen atoms in total. The molecule has 0 fully saturated rings. The number of thiazole rings is 1. The summed E-state index contributed by atoms with van der Waals surface area (Å²) in [6.45, 7) is 4.77. The number of aryl methyl sites for hydroxylation is 3. The average molecular weight is 366 g/mol. The maximum atomic E-state index is 12.0. The lowest BCUT2D eigenvalue weighted by Gasteiger charge is -2.06. The number of anilines is 1. The van der Waals surface area contributed by atoms with Crippen LogP contribution in [0, 0.1) is 13.8 Å². The van der Waals surface area contributed by atoms with E-state index in [0.717, 1.165) is 24.1 Å². The van der Waals surface area contributed by atoms with Gasteiger partial charge in [-0.05, 0) is 43.9 Å². The van der Waals surface area contributed by atoms with E-state index in [1.807, 2.05) is 23.6 Å². The average Bonchev–Trinajstić information content (AvgIpc) is 3.10. The summed E-state index contributed by atoms with van der Waals surface area (Å²) in [7, 11) is 0. The monoisotopic (exact) mass is 365 g/mol. The number of aromatic nitrogens is 1. The standard InChI is InChI=1S/C21H23N3OS/c1-15-10-11-16(2)18(13-15)19-14-26-21(23-19)24-20(25)22-12-6-9-17-7-4-3-5-8-17/h3-5,7-8,10-11,13-14H,6,9,12H2,1-2H3,(H2,22,23,24,25). The van der Waals surface area contributed by atoms with Gasteiger partial charge in [0.05, 0.1) is 5.69 Å². The predicted octanol–water partition coefficient (Wildman–Crippen LogP) is 5.18. The van der Waals surface area contributed by atoms with Gasteiger partial charge in [-0.15, -0.1) is 11.3 Å². The van der Waals surface area contributed by atoms with Crippen LogP contribution < -0.4 is 10.6 Å².